The number of benzene rings is 1. The van der Waals surface area contributed by atoms with Crippen LogP contribution in [-0.2, 0) is 14.3 Å². The van der Waals surface area contributed by atoms with E-state index >= 15 is 0 Å². The number of hydrogen-bond donors (Lipinski definition) is 1. The molecule has 1 aromatic carbocycles. The van der Waals surface area contributed by atoms with Crippen molar-refractivity contribution in [3.05, 3.63) is 38.9 Å². The van der Waals surface area contributed by atoms with Crippen molar-refractivity contribution >= 4 is 29.2 Å². The van der Waals surface area contributed by atoms with Gasteiger partial charge in [0, 0.05) is 32.4 Å². The second kappa shape index (κ2) is 8.96. The van der Waals surface area contributed by atoms with Gasteiger partial charge in [-0.25, -0.2) is 4.79 Å². The molecule has 0 aromatic heterocycles. The molecular formula is C13H15ClN2O6. The van der Waals surface area contributed by atoms with E-state index in [2.05, 4.69) is 5.32 Å². The molecule has 1 N–H and O–H groups in total. The second-order valence-electron chi connectivity index (χ2n) is 4.19. The molecule has 22 heavy (non-hydrogen) atoms. The van der Waals surface area contributed by atoms with Gasteiger partial charge in [0.1, 0.15) is 0 Å². The van der Waals surface area contributed by atoms with Crippen LogP contribution in [-0.4, -0.2) is 43.7 Å². The van der Waals surface area contributed by atoms with E-state index < -0.39 is 23.4 Å². The third-order valence-corrected chi connectivity index (χ3v) is 2.89. The van der Waals surface area contributed by atoms with Gasteiger partial charge in [0.2, 0.25) is 0 Å². The molecule has 0 unspecified atom stereocenters. The fraction of sp³-hybridized carbons (Fsp3) is 0.385. The molecule has 0 aliphatic carbocycles. The van der Waals surface area contributed by atoms with Gasteiger partial charge in [-0.15, -0.1) is 0 Å². The van der Waals surface area contributed by atoms with E-state index in [0.29, 0.717) is 19.6 Å². The zero-order valence-electron chi connectivity index (χ0n) is 11.8. The predicted molar refractivity (Wildman–Crippen MR) is 77.9 cm³/mol. The monoisotopic (exact) mass is 330 g/mol. The summed E-state index contributed by atoms with van der Waals surface area (Å²) in [7, 11) is 1.55. The van der Waals surface area contributed by atoms with Gasteiger partial charge in [0.25, 0.3) is 11.6 Å². The van der Waals surface area contributed by atoms with E-state index in [0.717, 1.165) is 6.07 Å². The first-order valence-electron chi connectivity index (χ1n) is 6.32. The zero-order valence-corrected chi connectivity index (χ0v) is 12.6. The lowest BCUT2D eigenvalue weighted by Crippen LogP contribution is -2.30. The second-order valence-corrected chi connectivity index (χ2v) is 4.60. The molecule has 1 rings (SSSR count). The van der Waals surface area contributed by atoms with Crippen molar-refractivity contribution < 1.29 is 24.0 Å². The fourth-order valence-corrected chi connectivity index (χ4v) is 1.68. The number of nitro benzene ring substituents is 1. The summed E-state index contributed by atoms with van der Waals surface area (Å²) in [5.74, 6) is -1.38. The van der Waals surface area contributed by atoms with Gasteiger partial charge in [0.15, 0.2) is 6.61 Å². The molecule has 0 fully saturated rings. The van der Waals surface area contributed by atoms with Crippen molar-refractivity contribution in [2.45, 2.75) is 6.42 Å². The van der Waals surface area contributed by atoms with Crippen LogP contribution in [0.5, 0.6) is 0 Å². The summed E-state index contributed by atoms with van der Waals surface area (Å²) in [6.45, 7) is 0.399. The Hall–Kier alpha value is -2.19. The molecule has 0 saturated carbocycles. The van der Waals surface area contributed by atoms with E-state index in [-0.39, 0.29) is 16.3 Å². The number of carbonyl (C=O) groups excluding carboxylic acids is 2. The molecule has 0 spiro atoms. The molecule has 0 radical (unpaired) electrons. The van der Waals surface area contributed by atoms with Gasteiger partial charge in [-0.1, -0.05) is 11.6 Å². The van der Waals surface area contributed by atoms with E-state index in [1.54, 1.807) is 7.11 Å². The number of nitrogens with one attached hydrogen (secondary N) is 1. The molecule has 120 valence electrons. The van der Waals surface area contributed by atoms with Crippen molar-refractivity contribution in [1.29, 1.82) is 0 Å². The Morgan fingerprint density at radius 2 is 2.14 bits per heavy atom. The van der Waals surface area contributed by atoms with Crippen LogP contribution in [0.25, 0.3) is 0 Å². The van der Waals surface area contributed by atoms with Crippen LogP contribution in [0, 0.1) is 10.1 Å². The number of non-ortho nitro benzene ring substituents is 1. The SMILES string of the molecule is COCCCNC(=O)COC(=O)c1cc([N+](=O)[O-])ccc1Cl. The van der Waals surface area contributed by atoms with Crippen LogP contribution in [0.3, 0.4) is 0 Å². The number of nitrogens with zero attached hydrogens (tertiary/aromatic N) is 1. The average Bonchev–Trinajstić information content (AvgIpc) is 2.49. The highest BCUT2D eigenvalue weighted by Crippen LogP contribution is 2.22. The minimum absolute atomic E-state index is 0.0103. The maximum absolute atomic E-state index is 11.8. The van der Waals surface area contributed by atoms with Crippen LogP contribution in [0.1, 0.15) is 16.8 Å². The number of carbonyl (C=O) groups is 2. The largest absolute Gasteiger partial charge is 0.452 e. The van der Waals surface area contributed by atoms with Gasteiger partial charge in [-0.2, -0.15) is 0 Å². The summed E-state index contributed by atoms with van der Waals surface area (Å²) >= 11 is 5.79. The third kappa shape index (κ3) is 5.66. The molecule has 0 bridgehead atoms. The Morgan fingerprint density at radius 1 is 1.41 bits per heavy atom. The first-order chi connectivity index (χ1) is 10.5. The Labute approximate surface area is 131 Å². The van der Waals surface area contributed by atoms with Gasteiger partial charge in [-0.05, 0) is 12.5 Å². The highest BCUT2D eigenvalue weighted by molar-refractivity contribution is 6.33. The summed E-state index contributed by atoms with van der Waals surface area (Å²) in [6, 6.07) is 3.39. The summed E-state index contributed by atoms with van der Waals surface area (Å²) in [5.41, 5.74) is -0.455. The highest BCUT2D eigenvalue weighted by Gasteiger charge is 2.18. The van der Waals surface area contributed by atoms with E-state index in [1.807, 2.05) is 0 Å². The smallest absolute Gasteiger partial charge is 0.340 e. The number of esters is 1. The Bertz CT molecular complexity index is 563. The predicted octanol–water partition coefficient (Wildman–Crippen LogP) is 1.56. The van der Waals surface area contributed by atoms with Gasteiger partial charge >= 0.3 is 5.97 Å². The molecule has 0 saturated heterocycles. The average molecular weight is 331 g/mol. The molecule has 0 atom stereocenters. The minimum Gasteiger partial charge on any atom is -0.452 e. The number of halogens is 1. The lowest BCUT2D eigenvalue weighted by atomic mass is 10.2. The van der Waals surface area contributed by atoms with Crippen LogP contribution in [0.2, 0.25) is 5.02 Å². The lowest BCUT2D eigenvalue weighted by molar-refractivity contribution is -0.384. The number of methoxy groups -OCH3 is 1. The Balaban J connectivity index is 2.53. The van der Waals surface area contributed by atoms with E-state index in [1.165, 1.54) is 12.1 Å². The fourth-order valence-electron chi connectivity index (χ4n) is 1.49. The molecule has 1 amide bonds. The first kappa shape index (κ1) is 17.9. The summed E-state index contributed by atoms with van der Waals surface area (Å²) in [4.78, 5) is 33.2. The molecular weight excluding hydrogens is 316 g/mol. The zero-order chi connectivity index (χ0) is 16.5. The van der Waals surface area contributed by atoms with Crippen LogP contribution < -0.4 is 5.32 Å². The van der Waals surface area contributed by atoms with Crippen LogP contribution in [0.15, 0.2) is 18.2 Å². The maximum Gasteiger partial charge on any atom is 0.340 e. The number of amides is 1. The molecule has 1 aromatic rings. The first-order valence-corrected chi connectivity index (χ1v) is 6.70. The van der Waals surface area contributed by atoms with Crippen molar-refractivity contribution in [2.75, 3.05) is 26.9 Å². The van der Waals surface area contributed by atoms with Crippen molar-refractivity contribution in [1.82, 2.24) is 5.32 Å². The number of nitro groups is 1. The molecule has 8 nitrogen and oxygen atoms in total. The Kier molecular flexibility index (Phi) is 7.27. The lowest BCUT2D eigenvalue weighted by Gasteiger charge is -2.07. The number of ether oxygens (including phenoxy) is 2. The van der Waals surface area contributed by atoms with E-state index in [4.69, 9.17) is 21.1 Å². The quantitative estimate of drug-likeness (QED) is 0.335. The van der Waals surface area contributed by atoms with Crippen molar-refractivity contribution in [3.8, 4) is 0 Å². The Morgan fingerprint density at radius 3 is 2.77 bits per heavy atom. The topological polar surface area (TPSA) is 108 Å². The number of rotatable bonds is 8. The summed E-state index contributed by atoms with van der Waals surface area (Å²) in [5, 5.41) is 13.2. The van der Waals surface area contributed by atoms with Gasteiger partial charge in [-0.3, -0.25) is 14.9 Å². The van der Waals surface area contributed by atoms with Gasteiger partial charge < -0.3 is 14.8 Å². The maximum atomic E-state index is 11.8. The molecule has 0 aliphatic heterocycles. The van der Waals surface area contributed by atoms with Gasteiger partial charge in [0.05, 0.1) is 15.5 Å². The van der Waals surface area contributed by atoms with E-state index in [9.17, 15) is 19.7 Å². The molecule has 0 aliphatic rings. The van der Waals surface area contributed by atoms with Crippen molar-refractivity contribution in [3.63, 3.8) is 0 Å². The van der Waals surface area contributed by atoms with Crippen LogP contribution >= 0.6 is 11.6 Å². The summed E-state index contributed by atoms with van der Waals surface area (Å²) in [6.07, 6.45) is 0.632. The minimum atomic E-state index is -0.902. The molecule has 9 heteroatoms. The summed E-state index contributed by atoms with van der Waals surface area (Å²) < 4.78 is 9.59. The normalized spacial score (nSPS) is 10.1. The number of hydrogen-bond acceptors (Lipinski definition) is 6. The standard InChI is InChI=1S/C13H15ClN2O6/c1-21-6-2-5-15-12(17)8-22-13(18)10-7-9(16(19)20)3-4-11(10)14/h3-4,7H,2,5-6,8H2,1H3,(H,15,17). The van der Waals surface area contributed by atoms with Crippen LogP contribution in [0.4, 0.5) is 5.69 Å². The molecule has 0 heterocycles. The third-order valence-electron chi connectivity index (χ3n) is 2.56. The van der Waals surface area contributed by atoms with Crippen molar-refractivity contribution in [2.24, 2.45) is 0 Å². The highest BCUT2D eigenvalue weighted by atomic mass is 35.5.